The molecule has 1 unspecified atom stereocenters. The Hall–Kier alpha value is -1.26. The van der Waals surface area contributed by atoms with Crippen LogP contribution in [0.1, 0.15) is 12.8 Å². The second-order valence-electron chi connectivity index (χ2n) is 2.78. The van der Waals surface area contributed by atoms with Crippen LogP contribution in [-0.2, 0) is 4.79 Å². The first-order chi connectivity index (χ1) is 6.00. The van der Waals surface area contributed by atoms with Gasteiger partial charge in [0.1, 0.15) is 11.7 Å². The lowest BCUT2D eigenvalue weighted by atomic mass is 9.95. The van der Waals surface area contributed by atoms with E-state index in [0.29, 0.717) is 6.08 Å². The van der Waals surface area contributed by atoms with E-state index in [0.717, 1.165) is 0 Å². The van der Waals surface area contributed by atoms with Crippen molar-refractivity contribution in [1.29, 1.82) is 0 Å². The van der Waals surface area contributed by atoms with Crippen LogP contribution in [0.3, 0.4) is 0 Å². The summed E-state index contributed by atoms with van der Waals surface area (Å²) in [5, 5.41) is 8.31. The van der Waals surface area contributed by atoms with E-state index in [2.05, 4.69) is 0 Å². The van der Waals surface area contributed by atoms with Gasteiger partial charge in [-0.3, -0.25) is 4.79 Å². The van der Waals surface area contributed by atoms with Gasteiger partial charge in [-0.1, -0.05) is 0 Å². The number of aliphatic carboxylic acids is 1. The molecule has 1 rings (SSSR count). The molecular weight excluding hydrogens is 185 g/mol. The summed E-state index contributed by atoms with van der Waals surface area (Å²) in [7, 11) is 0. The molecule has 13 heavy (non-hydrogen) atoms. The van der Waals surface area contributed by atoms with Crippen molar-refractivity contribution in [2.24, 2.45) is 5.92 Å². The van der Waals surface area contributed by atoms with Gasteiger partial charge < -0.3 is 5.11 Å². The zero-order chi connectivity index (χ0) is 10.0. The first-order valence-electron chi connectivity index (χ1n) is 3.63. The molecule has 1 atom stereocenters. The normalized spacial score (nSPS) is 23.0. The summed E-state index contributed by atoms with van der Waals surface area (Å²) in [6.07, 6.45) is -0.643. The van der Waals surface area contributed by atoms with E-state index in [9.17, 15) is 18.0 Å². The number of carbonyl (C=O) groups is 1. The largest absolute Gasteiger partial charge is 0.481 e. The standard InChI is InChI=1S/C8H7F3O2/c9-5-3-7(11)6(10)1-4(5)2-8(12)13/h3-4H,1-2H2,(H,12,13). The number of rotatable bonds is 2. The summed E-state index contributed by atoms with van der Waals surface area (Å²) in [6, 6.07) is 0. The lowest BCUT2D eigenvalue weighted by Crippen LogP contribution is -2.11. The molecule has 0 heterocycles. The molecule has 5 heteroatoms. The smallest absolute Gasteiger partial charge is 0.304 e. The van der Waals surface area contributed by atoms with Crippen molar-refractivity contribution in [3.8, 4) is 0 Å². The molecule has 1 N–H and O–H groups in total. The first kappa shape index (κ1) is 9.83. The summed E-state index contributed by atoms with van der Waals surface area (Å²) in [4.78, 5) is 10.2. The Labute approximate surface area is 72.4 Å². The predicted octanol–water partition coefficient (Wildman–Crippen LogP) is 2.49. The van der Waals surface area contributed by atoms with Crippen molar-refractivity contribution in [3.63, 3.8) is 0 Å². The van der Waals surface area contributed by atoms with Crippen LogP contribution in [0, 0.1) is 5.92 Å². The second kappa shape index (κ2) is 3.64. The Morgan fingerprint density at radius 2 is 2.15 bits per heavy atom. The van der Waals surface area contributed by atoms with Crippen LogP contribution in [-0.4, -0.2) is 11.1 Å². The van der Waals surface area contributed by atoms with Gasteiger partial charge in [-0.2, -0.15) is 0 Å². The lowest BCUT2D eigenvalue weighted by Gasteiger charge is -2.15. The summed E-state index contributed by atoms with van der Waals surface area (Å²) in [6.45, 7) is 0. The van der Waals surface area contributed by atoms with Crippen LogP contribution in [0.5, 0.6) is 0 Å². The van der Waals surface area contributed by atoms with E-state index in [1.807, 2.05) is 0 Å². The van der Waals surface area contributed by atoms with Gasteiger partial charge in [0.2, 0.25) is 0 Å². The molecule has 0 aromatic carbocycles. The van der Waals surface area contributed by atoms with E-state index in [-0.39, 0.29) is 0 Å². The van der Waals surface area contributed by atoms with E-state index in [1.54, 1.807) is 0 Å². The maximum atomic E-state index is 12.8. The van der Waals surface area contributed by atoms with Gasteiger partial charge in [0, 0.05) is 18.4 Å². The highest BCUT2D eigenvalue weighted by Gasteiger charge is 2.26. The van der Waals surface area contributed by atoms with Gasteiger partial charge in [-0.15, -0.1) is 0 Å². The molecule has 1 aliphatic carbocycles. The molecule has 72 valence electrons. The predicted molar refractivity (Wildman–Crippen MR) is 38.8 cm³/mol. The molecular formula is C8H7F3O2. The molecule has 0 saturated heterocycles. The number of carboxylic acid groups (broad SMARTS) is 1. The van der Waals surface area contributed by atoms with Gasteiger partial charge in [-0.25, -0.2) is 13.2 Å². The third kappa shape index (κ3) is 2.34. The van der Waals surface area contributed by atoms with Crippen molar-refractivity contribution >= 4 is 5.97 Å². The minimum atomic E-state index is -1.25. The van der Waals surface area contributed by atoms with Gasteiger partial charge in [0.25, 0.3) is 0 Å². The molecule has 2 nitrogen and oxygen atoms in total. The Morgan fingerprint density at radius 3 is 2.69 bits per heavy atom. The van der Waals surface area contributed by atoms with Gasteiger partial charge in [0.05, 0.1) is 6.42 Å². The highest BCUT2D eigenvalue weighted by molar-refractivity contribution is 5.67. The molecule has 0 amide bonds. The molecule has 0 bridgehead atoms. The molecule has 0 saturated carbocycles. The van der Waals surface area contributed by atoms with E-state index >= 15 is 0 Å². The number of carboxylic acids is 1. The van der Waals surface area contributed by atoms with Crippen LogP contribution in [0.2, 0.25) is 0 Å². The first-order valence-corrected chi connectivity index (χ1v) is 3.63. The fourth-order valence-electron chi connectivity index (χ4n) is 1.11. The van der Waals surface area contributed by atoms with Crippen molar-refractivity contribution in [2.45, 2.75) is 12.8 Å². The van der Waals surface area contributed by atoms with Crippen molar-refractivity contribution in [3.05, 3.63) is 23.6 Å². The average Bonchev–Trinajstić information content (AvgIpc) is 1.99. The highest BCUT2D eigenvalue weighted by atomic mass is 19.2. The molecule has 1 aliphatic rings. The Kier molecular flexibility index (Phi) is 2.75. The SMILES string of the molecule is O=C(O)CC1CC(F)=C(F)C=C1F. The van der Waals surface area contributed by atoms with E-state index in [1.165, 1.54) is 0 Å². The maximum Gasteiger partial charge on any atom is 0.304 e. The quantitative estimate of drug-likeness (QED) is 0.729. The van der Waals surface area contributed by atoms with Crippen molar-refractivity contribution in [2.75, 3.05) is 0 Å². The Balaban J connectivity index is 2.75. The third-order valence-corrected chi connectivity index (χ3v) is 1.76. The Bertz CT molecular complexity index is 294. The molecule has 0 radical (unpaired) electrons. The van der Waals surface area contributed by atoms with Gasteiger partial charge in [0.15, 0.2) is 5.83 Å². The third-order valence-electron chi connectivity index (χ3n) is 1.76. The zero-order valence-corrected chi connectivity index (χ0v) is 6.56. The van der Waals surface area contributed by atoms with Crippen LogP contribution in [0.25, 0.3) is 0 Å². The second-order valence-corrected chi connectivity index (χ2v) is 2.78. The molecule has 0 aliphatic heterocycles. The van der Waals surface area contributed by atoms with Gasteiger partial charge >= 0.3 is 5.97 Å². The monoisotopic (exact) mass is 192 g/mol. The number of hydrogen-bond acceptors (Lipinski definition) is 1. The van der Waals surface area contributed by atoms with Crippen LogP contribution in [0.4, 0.5) is 13.2 Å². The topological polar surface area (TPSA) is 37.3 Å². The van der Waals surface area contributed by atoms with Crippen molar-refractivity contribution in [1.82, 2.24) is 0 Å². The highest BCUT2D eigenvalue weighted by Crippen LogP contribution is 2.33. The molecule has 0 aromatic rings. The number of allylic oxidation sites excluding steroid dienone is 4. The zero-order valence-electron chi connectivity index (χ0n) is 6.56. The fourth-order valence-corrected chi connectivity index (χ4v) is 1.11. The minimum Gasteiger partial charge on any atom is -0.481 e. The summed E-state index contributed by atoms with van der Waals surface area (Å²) in [5.74, 6) is -5.56. The summed E-state index contributed by atoms with van der Waals surface area (Å²) >= 11 is 0. The van der Waals surface area contributed by atoms with E-state index in [4.69, 9.17) is 5.11 Å². The van der Waals surface area contributed by atoms with E-state index < -0.39 is 42.2 Å². The molecule has 0 aromatic heterocycles. The van der Waals surface area contributed by atoms with Crippen molar-refractivity contribution < 1.29 is 23.1 Å². The molecule has 0 spiro atoms. The van der Waals surface area contributed by atoms with Crippen LogP contribution in [0.15, 0.2) is 23.6 Å². The Morgan fingerprint density at radius 1 is 1.54 bits per heavy atom. The average molecular weight is 192 g/mol. The fraction of sp³-hybridized carbons (Fsp3) is 0.375. The lowest BCUT2D eigenvalue weighted by molar-refractivity contribution is -0.138. The maximum absolute atomic E-state index is 12.8. The van der Waals surface area contributed by atoms with Crippen LogP contribution >= 0.6 is 0 Å². The number of hydrogen-bond donors (Lipinski definition) is 1. The minimum absolute atomic E-state index is 0.395. The summed E-state index contributed by atoms with van der Waals surface area (Å²) in [5.41, 5.74) is 0. The molecule has 0 fully saturated rings. The van der Waals surface area contributed by atoms with Crippen LogP contribution < -0.4 is 0 Å². The summed E-state index contributed by atoms with van der Waals surface area (Å²) < 4.78 is 37.7. The van der Waals surface area contributed by atoms with Gasteiger partial charge in [-0.05, 0) is 0 Å². The number of halogens is 3.